The molecule has 0 aliphatic heterocycles. The lowest BCUT2D eigenvalue weighted by Crippen LogP contribution is -2.38. The highest BCUT2D eigenvalue weighted by Crippen LogP contribution is 2.18. The van der Waals surface area contributed by atoms with E-state index in [1.54, 1.807) is 11.3 Å². The second-order valence-electron chi connectivity index (χ2n) is 7.04. The molecule has 29 heavy (non-hydrogen) atoms. The molecule has 1 amide bonds. The maximum absolute atomic E-state index is 11.7. The van der Waals surface area contributed by atoms with Crippen molar-refractivity contribution in [1.29, 1.82) is 0 Å². The molecule has 1 aliphatic carbocycles. The van der Waals surface area contributed by atoms with Gasteiger partial charge in [0.2, 0.25) is 0 Å². The molecule has 1 heterocycles. The summed E-state index contributed by atoms with van der Waals surface area (Å²) in [6, 6.07) is 12.5. The molecule has 7 heteroatoms. The number of nitrogens with one attached hydrogen (secondary N) is 3. The van der Waals surface area contributed by atoms with Crippen molar-refractivity contribution in [3.8, 4) is 5.75 Å². The first-order chi connectivity index (χ1) is 14.2. The topological polar surface area (TPSA) is 74.8 Å². The summed E-state index contributed by atoms with van der Waals surface area (Å²) in [5.41, 5.74) is 1.21. The molecule has 3 rings (SSSR count). The second-order valence-corrected chi connectivity index (χ2v) is 8.07. The van der Waals surface area contributed by atoms with E-state index in [0.717, 1.165) is 57.0 Å². The summed E-state index contributed by atoms with van der Waals surface area (Å²) >= 11 is 1.77. The molecular formula is C22H30N4O2S. The minimum Gasteiger partial charge on any atom is -0.484 e. The van der Waals surface area contributed by atoms with Crippen LogP contribution in [0.5, 0.6) is 5.75 Å². The van der Waals surface area contributed by atoms with E-state index in [1.165, 1.54) is 10.4 Å². The molecule has 3 N–H and O–H groups in total. The van der Waals surface area contributed by atoms with Gasteiger partial charge in [-0.05, 0) is 55.3 Å². The Morgan fingerprint density at radius 3 is 2.69 bits per heavy atom. The molecule has 0 atom stereocenters. The molecule has 6 nitrogen and oxygen atoms in total. The van der Waals surface area contributed by atoms with E-state index in [4.69, 9.17) is 4.74 Å². The fourth-order valence-electron chi connectivity index (χ4n) is 2.80. The molecule has 1 aromatic carbocycles. The molecule has 0 spiro atoms. The van der Waals surface area contributed by atoms with Crippen molar-refractivity contribution in [3.63, 3.8) is 0 Å². The molecular weight excluding hydrogens is 384 g/mol. The van der Waals surface area contributed by atoms with Gasteiger partial charge in [-0.25, -0.2) is 0 Å². The predicted octanol–water partition coefficient (Wildman–Crippen LogP) is 2.75. The maximum Gasteiger partial charge on any atom is 0.258 e. The summed E-state index contributed by atoms with van der Waals surface area (Å²) < 4.78 is 5.55. The summed E-state index contributed by atoms with van der Waals surface area (Å²) in [6.45, 7) is 4.56. The van der Waals surface area contributed by atoms with Crippen LogP contribution < -0.4 is 20.7 Å². The lowest BCUT2D eigenvalue weighted by Gasteiger charge is -2.11. The van der Waals surface area contributed by atoms with Gasteiger partial charge in [-0.3, -0.25) is 9.79 Å². The number of rotatable bonds is 11. The summed E-state index contributed by atoms with van der Waals surface area (Å²) in [4.78, 5) is 17.7. The van der Waals surface area contributed by atoms with Crippen molar-refractivity contribution < 1.29 is 9.53 Å². The largest absolute Gasteiger partial charge is 0.484 e. The molecule has 1 saturated carbocycles. The van der Waals surface area contributed by atoms with Crippen LogP contribution in [0.1, 0.15) is 30.2 Å². The first-order valence-corrected chi connectivity index (χ1v) is 11.2. The highest BCUT2D eigenvalue weighted by atomic mass is 32.1. The van der Waals surface area contributed by atoms with Crippen LogP contribution in [-0.2, 0) is 17.6 Å². The van der Waals surface area contributed by atoms with E-state index in [9.17, 15) is 4.79 Å². The molecule has 1 fully saturated rings. The van der Waals surface area contributed by atoms with Crippen LogP contribution in [0.15, 0.2) is 46.8 Å². The molecule has 0 radical (unpaired) electrons. The van der Waals surface area contributed by atoms with Gasteiger partial charge in [0.25, 0.3) is 5.91 Å². The van der Waals surface area contributed by atoms with Gasteiger partial charge in [0.1, 0.15) is 5.75 Å². The average Bonchev–Trinajstić information content (AvgIpc) is 3.38. The number of benzene rings is 1. The Morgan fingerprint density at radius 1 is 1.17 bits per heavy atom. The van der Waals surface area contributed by atoms with Crippen LogP contribution in [0.4, 0.5) is 0 Å². The van der Waals surface area contributed by atoms with Crippen LogP contribution in [0.25, 0.3) is 0 Å². The number of guanidine groups is 1. The number of ether oxygens (including phenoxy) is 1. The number of aliphatic imine (C=N–C) groups is 1. The van der Waals surface area contributed by atoms with Crippen LogP contribution in [-0.4, -0.2) is 44.1 Å². The Bertz CT molecular complexity index is 771. The highest BCUT2D eigenvalue weighted by molar-refractivity contribution is 7.09. The van der Waals surface area contributed by atoms with Crippen molar-refractivity contribution in [2.45, 2.75) is 38.6 Å². The van der Waals surface area contributed by atoms with Gasteiger partial charge >= 0.3 is 0 Å². The van der Waals surface area contributed by atoms with Crippen LogP contribution in [0, 0.1) is 0 Å². The monoisotopic (exact) mass is 414 g/mol. The third-order valence-corrected chi connectivity index (χ3v) is 5.43. The molecule has 0 unspecified atom stereocenters. The van der Waals surface area contributed by atoms with E-state index in [2.05, 4.69) is 45.4 Å². The average molecular weight is 415 g/mol. The van der Waals surface area contributed by atoms with Gasteiger partial charge in [-0.15, -0.1) is 11.3 Å². The minimum absolute atomic E-state index is 0.0462. The zero-order chi connectivity index (χ0) is 20.3. The number of carbonyl (C=O) groups excluding carboxylic acids is 1. The van der Waals surface area contributed by atoms with E-state index in [-0.39, 0.29) is 12.5 Å². The molecule has 1 aliphatic rings. The van der Waals surface area contributed by atoms with Crippen LogP contribution >= 0.6 is 11.3 Å². The Kier molecular flexibility index (Phi) is 8.37. The Morgan fingerprint density at radius 2 is 2.00 bits per heavy atom. The number of nitrogens with zero attached hydrogens (tertiary/aromatic N) is 1. The van der Waals surface area contributed by atoms with Crippen LogP contribution in [0.2, 0.25) is 0 Å². The zero-order valence-electron chi connectivity index (χ0n) is 16.9. The summed E-state index contributed by atoms with van der Waals surface area (Å²) in [5, 5.41) is 11.7. The van der Waals surface area contributed by atoms with E-state index in [1.807, 2.05) is 24.3 Å². The van der Waals surface area contributed by atoms with Crippen molar-refractivity contribution >= 4 is 23.2 Å². The summed E-state index contributed by atoms with van der Waals surface area (Å²) in [6.07, 6.45) is 4.03. The maximum atomic E-state index is 11.7. The summed E-state index contributed by atoms with van der Waals surface area (Å²) in [7, 11) is 0. The third-order valence-electron chi connectivity index (χ3n) is 4.49. The molecule has 0 bridgehead atoms. The van der Waals surface area contributed by atoms with Crippen molar-refractivity contribution in [1.82, 2.24) is 16.0 Å². The SMILES string of the molecule is CCNC(=NCCc1cccs1)NCCc1ccc(OCC(=O)NC2CC2)cc1. The molecule has 156 valence electrons. The third kappa shape index (κ3) is 8.15. The number of thiophene rings is 1. The zero-order valence-corrected chi connectivity index (χ0v) is 17.8. The number of hydrogen-bond donors (Lipinski definition) is 3. The smallest absolute Gasteiger partial charge is 0.258 e. The van der Waals surface area contributed by atoms with Crippen molar-refractivity contribution in [2.75, 3.05) is 26.2 Å². The lowest BCUT2D eigenvalue weighted by molar-refractivity contribution is -0.123. The number of hydrogen-bond acceptors (Lipinski definition) is 4. The van der Waals surface area contributed by atoms with Gasteiger partial charge in [-0.1, -0.05) is 18.2 Å². The van der Waals surface area contributed by atoms with E-state index >= 15 is 0 Å². The van der Waals surface area contributed by atoms with Crippen molar-refractivity contribution in [2.24, 2.45) is 4.99 Å². The first kappa shape index (κ1) is 21.2. The summed E-state index contributed by atoms with van der Waals surface area (Å²) in [5.74, 6) is 1.52. The lowest BCUT2D eigenvalue weighted by atomic mass is 10.1. The van der Waals surface area contributed by atoms with Gasteiger partial charge in [0.05, 0.1) is 0 Å². The fourth-order valence-corrected chi connectivity index (χ4v) is 3.50. The molecule has 2 aromatic rings. The minimum atomic E-state index is -0.0462. The second kappa shape index (κ2) is 11.5. The highest BCUT2D eigenvalue weighted by Gasteiger charge is 2.23. The van der Waals surface area contributed by atoms with Crippen molar-refractivity contribution in [3.05, 3.63) is 52.2 Å². The Labute approximate surface area is 176 Å². The standard InChI is InChI=1S/C22H30N4O2S/c1-2-23-22(25-14-12-20-4-3-15-29-20)24-13-11-17-5-9-19(10-6-17)28-16-21(27)26-18-7-8-18/h3-6,9-10,15,18H,2,7-8,11-14,16H2,1H3,(H,26,27)(H2,23,24,25). The van der Waals surface area contributed by atoms with Gasteiger partial charge in [-0.2, -0.15) is 0 Å². The van der Waals surface area contributed by atoms with E-state index in [0.29, 0.717) is 6.04 Å². The Hall–Kier alpha value is -2.54. The number of carbonyl (C=O) groups is 1. The normalized spacial score (nSPS) is 13.8. The predicted molar refractivity (Wildman–Crippen MR) is 119 cm³/mol. The quantitative estimate of drug-likeness (QED) is 0.390. The molecule has 0 saturated heterocycles. The van der Waals surface area contributed by atoms with Gasteiger partial charge in [0, 0.05) is 37.0 Å². The molecule has 1 aromatic heterocycles. The van der Waals surface area contributed by atoms with Gasteiger partial charge < -0.3 is 20.7 Å². The van der Waals surface area contributed by atoms with E-state index < -0.39 is 0 Å². The number of amides is 1. The van der Waals surface area contributed by atoms with Crippen LogP contribution in [0.3, 0.4) is 0 Å². The Balaban J connectivity index is 1.36. The fraction of sp³-hybridized carbons (Fsp3) is 0.455. The van der Waals surface area contributed by atoms with Gasteiger partial charge in [0.15, 0.2) is 12.6 Å². The first-order valence-electron chi connectivity index (χ1n) is 10.3.